The summed E-state index contributed by atoms with van der Waals surface area (Å²) in [5.74, 6) is 0.995. The first kappa shape index (κ1) is 19.5. The van der Waals surface area contributed by atoms with Gasteiger partial charge in [0, 0.05) is 35.8 Å². The maximum atomic E-state index is 12.7. The molecular formula is C24H24N4O3. The molecule has 2 amide bonds. The highest BCUT2D eigenvalue weighted by Gasteiger charge is 2.35. The van der Waals surface area contributed by atoms with E-state index in [0.29, 0.717) is 24.2 Å². The quantitative estimate of drug-likeness (QED) is 0.670. The van der Waals surface area contributed by atoms with Crippen molar-refractivity contribution in [2.75, 3.05) is 16.8 Å². The zero-order chi connectivity index (χ0) is 21.4. The van der Waals surface area contributed by atoms with E-state index in [1.807, 2.05) is 55.5 Å². The average molecular weight is 416 g/mol. The van der Waals surface area contributed by atoms with Crippen molar-refractivity contribution in [1.82, 2.24) is 10.1 Å². The number of carbonyl (C=O) groups is 2. The lowest BCUT2D eigenvalue weighted by molar-refractivity contribution is -0.122. The number of anilines is 2. The van der Waals surface area contributed by atoms with E-state index in [1.54, 1.807) is 4.90 Å². The number of hydrogen-bond donors (Lipinski definition) is 1. The lowest BCUT2D eigenvalue weighted by atomic mass is 9.85. The number of amides is 2. The number of carbonyl (C=O) groups excluding carboxylic acids is 2. The van der Waals surface area contributed by atoms with Crippen molar-refractivity contribution >= 4 is 23.2 Å². The largest absolute Gasteiger partial charge is 0.339 e. The zero-order valence-electron chi connectivity index (χ0n) is 17.4. The first-order chi connectivity index (χ1) is 15.1. The summed E-state index contributed by atoms with van der Waals surface area (Å²) < 4.78 is 5.43. The molecule has 1 N–H and O–H groups in total. The molecule has 1 atom stereocenters. The van der Waals surface area contributed by atoms with Crippen molar-refractivity contribution < 1.29 is 14.1 Å². The van der Waals surface area contributed by atoms with E-state index in [9.17, 15) is 9.59 Å². The van der Waals surface area contributed by atoms with Gasteiger partial charge < -0.3 is 14.7 Å². The Bertz CT molecular complexity index is 1120. The molecule has 1 unspecified atom stereocenters. The fourth-order valence-corrected chi connectivity index (χ4v) is 4.00. The highest BCUT2D eigenvalue weighted by molar-refractivity contribution is 6.03. The van der Waals surface area contributed by atoms with Crippen molar-refractivity contribution in [3.05, 3.63) is 60.0 Å². The Labute approximate surface area is 180 Å². The number of hydrogen-bond acceptors (Lipinski definition) is 5. The van der Waals surface area contributed by atoms with Gasteiger partial charge >= 0.3 is 0 Å². The first-order valence-corrected chi connectivity index (χ1v) is 10.7. The Morgan fingerprint density at radius 1 is 1.16 bits per heavy atom. The second-order valence-corrected chi connectivity index (χ2v) is 8.40. The predicted octanol–water partition coefficient (Wildman–Crippen LogP) is 4.30. The number of rotatable bonds is 5. The molecular weight excluding hydrogens is 392 g/mol. The molecule has 1 saturated heterocycles. The lowest BCUT2D eigenvalue weighted by Gasteiger charge is -2.20. The van der Waals surface area contributed by atoms with Crippen molar-refractivity contribution in [1.29, 1.82) is 0 Å². The summed E-state index contributed by atoms with van der Waals surface area (Å²) in [6.07, 6.45) is 3.58. The van der Waals surface area contributed by atoms with Gasteiger partial charge in [0.25, 0.3) is 0 Å². The maximum absolute atomic E-state index is 12.7. The Morgan fingerprint density at radius 2 is 1.97 bits per heavy atom. The smallest absolute Gasteiger partial charge is 0.230 e. The van der Waals surface area contributed by atoms with Crippen LogP contribution in [0.15, 0.2) is 53.1 Å². The van der Waals surface area contributed by atoms with Crippen molar-refractivity contribution in [3.63, 3.8) is 0 Å². The Balaban J connectivity index is 1.29. The molecule has 1 saturated carbocycles. The number of benzene rings is 2. The third kappa shape index (κ3) is 3.95. The third-order valence-corrected chi connectivity index (χ3v) is 6.13. The van der Waals surface area contributed by atoms with Crippen molar-refractivity contribution in [2.45, 2.75) is 38.5 Å². The van der Waals surface area contributed by atoms with Crippen LogP contribution in [0.5, 0.6) is 0 Å². The van der Waals surface area contributed by atoms with Gasteiger partial charge in [-0.05, 0) is 44.0 Å². The van der Waals surface area contributed by atoms with Gasteiger partial charge in [-0.2, -0.15) is 4.98 Å². The highest BCUT2D eigenvalue weighted by Crippen LogP contribution is 2.36. The molecule has 2 aliphatic rings. The van der Waals surface area contributed by atoms with E-state index >= 15 is 0 Å². The summed E-state index contributed by atoms with van der Waals surface area (Å²) >= 11 is 0. The topological polar surface area (TPSA) is 88.3 Å². The molecule has 31 heavy (non-hydrogen) atoms. The summed E-state index contributed by atoms with van der Waals surface area (Å²) in [5, 5.41) is 7.03. The highest BCUT2D eigenvalue weighted by atomic mass is 16.5. The number of aryl methyl sites for hydroxylation is 1. The van der Waals surface area contributed by atoms with Crippen LogP contribution in [0.1, 0.15) is 43.1 Å². The van der Waals surface area contributed by atoms with Crippen LogP contribution in [0.3, 0.4) is 0 Å². The molecule has 2 aromatic carbocycles. The second-order valence-electron chi connectivity index (χ2n) is 8.40. The molecule has 7 heteroatoms. The third-order valence-electron chi connectivity index (χ3n) is 6.13. The normalized spacial score (nSPS) is 18.8. The van der Waals surface area contributed by atoms with Crippen molar-refractivity contribution in [3.8, 4) is 11.4 Å². The Kier molecular flexibility index (Phi) is 5.02. The van der Waals surface area contributed by atoms with Gasteiger partial charge in [-0.1, -0.05) is 41.4 Å². The van der Waals surface area contributed by atoms with E-state index in [4.69, 9.17) is 4.52 Å². The second kappa shape index (κ2) is 7.98. The predicted molar refractivity (Wildman–Crippen MR) is 117 cm³/mol. The molecule has 2 fully saturated rings. The van der Waals surface area contributed by atoms with Crippen LogP contribution in [0, 0.1) is 12.8 Å². The summed E-state index contributed by atoms with van der Waals surface area (Å²) in [7, 11) is 0. The van der Waals surface area contributed by atoms with E-state index in [2.05, 4.69) is 15.5 Å². The van der Waals surface area contributed by atoms with Crippen molar-refractivity contribution in [2.24, 2.45) is 5.92 Å². The Hall–Kier alpha value is -3.48. The van der Waals surface area contributed by atoms with E-state index in [1.165, 1.54) is 6.42 Å². The van der Waals surface area contributed by atoms with Crippen LogP contribution in [0.2, 0.25) is 0 Å². The molecule has 0 spiro atoms. The van der Waals surface area contributed by atoms with Crippen LogP contribution in [0.25, 0.3) is 11.4 Å². The number of nitrogens with zero attached hydrogens (tertiary/aromatic N) is 3. The van der Waals surface area contributed by atoms with Gasteiger partial charge in [0.15, 0.2) is 0 Å². The standard InChI is InChI=1S/C24H24N4O3/c1-15-8-10-19(11-9-15)25-23(30)18-13-21(29)28(14-18)20-7-3-6-17(12-20)22-26-24(31-27-22)16-4-2-5-16/h3,6-12,16,18H,2,4-5,13-14H2,1H3,(H,25,30). The summed E-state index contributed by atoms with van der Waals surface area (Å²) in [6.45, 7) is 2.34. The van der Waals surface area contributed by atoms with Gasteiger partial charge in [-0.3, -0.25) is 9.59 Å². The molecule has 1 aromatic heterocycles. The van der Waals surface area contributed by atoms with Crippen LogP contribution in [0.4, 0.5) is 11.4 Å². The van der Waals surface area contributed by atoms with Crippen LogP contribution in [-0.4, -0.2) is 28.5 Å². The Morgan fingerprint density at radius 3 is 2.71 bits per heavy atom. The molecule has 7 nitrogen and oxygen atoms in total. The minimum Gasteiger partial charge on any atom is -0.339 e. The first-order valence-electron chi connectivity index (χ1n) is 10.7. The molecule has 0 bridgehead atoms. The van der Waals surface area contributed by atoms with Gasteiger partial charge in [0.05, 0.1) is 5.92 Å². The fraction of sp³-hybridized carbons (Fsp3) is 0.333. The van der Waals surface area contributed by atoms with Gasteiger partial charge in [-0.25, -0.2) is 0 Å². The summed E-state index contributed by atoms with van der Waals surface area (Å²) in [5.41, 5.74) is 3.40. The van der Waals surface area contributed by atoms with Gasteiger partial charge in [-0.15, -0.1) is 0 Å². The molecule has 3 aromatic rings. The molecule has 1 aliphatic heterocycles. The molecule has 158 valence electrons. The molecule has 1 aliphatic carbocycles. The SMILES string of the molecule is Cc1ccc(NC(=O)C2CC(=O)N(c3cccc(-c4noc(C5CCC5)n4)c3)C2)cc1. The van der Waals surface area contributed by atoms with E-state index < -0.39 is 5.92 Å². The number of nitrogens with one attached hydrogen (secondary N) is 1. The monoisotopic (exact) mass is 416 g/mol. The fourth-order valence-electron chi connectivity index (χ4n) is 4.00. The summed E-state index contributed by atoms with van der Waals surface area (Å²) in [4.78, 5) is 31.6. The minimum absolute atomic E-state index is 0.0653. The molecule has 2 heterocycles. The maximum Gasteiger partial charge on any atom is 0.230 e. The van der Waals surface area contributed by atoms with Gasteiger partial charge in [0.1, 0.15) is 0 Å². The van der Waals surface area contributed by atoms with Crippen LogP contribution < -0.4 is 10.2 Å². The minimum atomic E-state index is -0.396. The lowest BCUT2D eigenvalue weighted by Crippen LogP contribution is -2.28. The van der Waals surface area contributed by atoms with E-state index in [-0.39, 0.29) is 18.2 Å². The summed E-state index contributed by atoms with van der Waals surface area (Å²) in [6, 6.07) is 15.2. The van der Waals surface area contributed by atoms with Crippen LogP contribution in [-0.2, 0) is 9.59 Å². The van der Waals surface area contributed by atoms with Gasteiger partial charge in [0.2, 0.25) is 23.5 Å². The average Bonchev–Trinajstić information content (AvgIpc) is 3.36. The number of aromatic nitrogens is 2. The van der Waals surface area contributed by atoms with Crippen LogP contribution >= 0.6 is 0 Å². The zero-order valence-corrected chi connectivity index (χ0v) is 17.4. The molecule has 0 radical (unpaired) electrons. The van der Waals surface area contributed by atoms with E-state index in [0.717, 1.165) is 35.3 Å². The molecule has 5 rings (SSSR count).